The van der Waals surface area contributed by atoms with Gasteiger partial charge in [0, 0.05) is 11.4 Å². The third-order valence-electron chi connectivity index (χ3n) is 4.30. The summed E-state index contributed by atoms with van der Waals surface area (Å²) >= 11 is 0. The van der Waals surface area contributed by atoms with E-state index in [0.717, 1.165) is 12.0 Å². The molecule has 0 bridgehead atoms. The monoisotopic (exact) mass is 411 g/mol. The maximum absolute atomic E-state index is 12.4. The Kier molecular flexibility index (Phi) is 8.27. The number of amides is 1. The molecule has 0 aliphatic carbocycles. The number of carbonyl (C=O) groups excluding carboxylic acids is 1. The van der Waals surface area contributed by atoms with E-state index < -0.39 is 16.1 Å². The number of halogens is 1. The summed E-state index contributed by atoms with van der Waals surface area (Å²) in [5.41, 5.74) is 7.86. The van der Waals surface area contributed by atoms with Gasteiger partial charge < -0.3 is 11.1 Å². The maximum atomic E-state index is 12.4. The Hall–Kier alpha value is -2.09. The predicted molar refractivity (Wildman–Crippen MR) is 112 cm³/mol. The molecule has 2 atom stereocenters. The topological polar surface area (TPSA) is 101 Å². The fourth-order valence-electron chi connectivity index (χ4n) is 2.29. The van der Waals surface area contributed by atoms with E-state index in [1.165, 1.54) is 0 Å². The molecule has 2 aromatic carbocycles. The van der Waals surface area contributed by atoms with Crippen LogP contribution in [0.1, 0.15) is 25.8 Å². The van der Waals surface area contributed by atoms with Crippen LogP contribution < -0.4 is 15.8 Å². The highest BCUT2D eigenvalue weighted by atomic mass is 35.5. The molecule has 27 heavy (non-hydrogen) atoms. The largest absolute Gasteiger partial charge is 0.325 e. The zero-order valence-corrected chi connectivity index (χ0v) is 17.2. The standard InChI is InChI=1S/C19H25N3O3S.ClH/c1-4-14(3)18(20)19(23)21-15-7-9-16(10-8-15)22-26(24,25)17-11-5-13(2)6-12-17;/h5-12,14,18,22H,4,20H2,1-3H3,(H,21,23);1H. The summed E-state index contributed by atoms with van der Waals surface area (Å²) in [6.45, 7) is 5.80. The van der Waals surface area contributed by atoms with Crippen LogP contribution in [0.5, 0.6) is 0 Å². The summed E-state index contributed by atoms with van der Waals surface area (Å²) in [4.78, 5) is 12.3. The molecule has 4 N–H and O–H groups in total. The maximum Gasteiger partial charge on any atom is 0.261 e. The number of anilines is 2. The van der Waals surface area contributed by atoms with Gasteiger partial charge in [-0.3, -0.25) is 9.52 Å². The number of rotatable bonds is 7. The van der Waals surface area contributed by atoms with Crippen molar-refractivity contribution in [2.75, 3.05) is 10.0 Å². The first-order chi connectivity index (χ1) is 12.2. The normalized spacial score (nSPS) is 13.2. The highest BCUT2D eigenvalue weighted by Gasteiger charge is 2.19. The summed E-state index contributed by atoms with van der Waals surface area (Å²) in [6, 6.07) is 12.5. The first-order valence-electron chi connectivity index (χ1n) is 8.49. The van der Waals surface area contributed by atoms with Crippen LogP contribution in [0.25, 0.3) is 0 Å². The van der Waals surface area contributed by atoms with Gasteiger partial charge in [-0.2, -0.15) is 0 Å². The van der Waals surface area contributed by atoms with E-state index in [2.05, 4.69) is 10.0 Å². The fraction of sp³-hybridized carbons (Fsp3) is 0.316. The van der Waals surface area contributed by atoms with Crippen LogP contribution in [-0.4, -0.2) is 20.4 Å². The van der Waals surface area contributed by atoms with Crippen LogP contribution in [0.2, 0.25) is 0 Å². The van der Waals surface area contributed by atoms with Gasteiger partial charge in [0.05, 0.1) is 10.9 Å². The molecule has 148 valence electrons. The first-order valence-corrected chi connectivity index (χ1v) is 9.97. The van der Waals surface area contributed by atoms with E-state index >= 15 is 0 Å². The van der Waals surface area contributed by atoms with Crippen molar-refractivity contribution in [3.05, 3.63) is 54.1 Å². The van der Waals surface area contributed by atoms with Gasteiger partial charge in [0.2, 0.25) is 5.91 Å². The number of nitrogens with two attached hydrogens (primary N) is 1. The van der Waals surface area contributed by atoms with Crippen LogP contribution in [0, 0.1) is 12.8 Å². The van der Waals surface area contributed by atoms with Crippen LogP contribution >= 0.6 is 12.4 Å². The summed E-state index contributed by atoms with van der Waals surface area (Å²) < 4.78 is 27.3. The summed E-state index contributed by atoms with van der Waals surface area (Å²) in [6.07, 6.45) is 0.814. The second-order valence-electron chi connectivity index (χ2n) is 6.40. The van der Waals surface area contributed by atoms with Gasteiger partial charge in [-0.05, 0) is 49.2 Å². The molecular formula is C19H26ClN3O3S. The van der Waals surface area contributed by atoms with Gasteiger partial charge >= 0.3 is 0 Å². The number of aryl methyl sites for hydroxylation is 1. The summed E-state index contributed by atoms with van der Waals surface area (Å²) in [5, 5.41) is 2.74. The Bertz CT molecular complexity index is 853. The van der Waals surface area contributed by atoms with Crippen LogP contribution in [0.15, 0.2) is 53.4 Å². The lowest BCUT2D eigenvalue weighted by molar-refractivity contribution is -0.118. The molecule has 2 aromatic rings. The summed E-state index contributed by atoms with van der Waals surface area (Å²) in [7, 11) is -3.65. The predicted octanol–water partition coefficient (Wildman–Crippen LogP) is 3.53. The third-order valence-corrected chi connectivity index (χ3v) is 5.69. The molecule has 8 heteroatoms. The van der Waals surface area contributed by atoms with Crippen LogP contribution in [-0.2, 0) is 14.8 Å². The number of sulfonamides is 1. The molecule has 0 spiro atoms. The third kappa shape index (κ3) is 6.23. The molecule has 0 saturated heterocycles. The van der Waals surface area contributed by atoms with Crippen molar-refractivity contribution in [2.24, 2.45) is 11.7 Å². The van der Waals surface area contributed by atoms with Crippen molar-refractivity contribution in [1.82, 2.24) is 0 Å². The molecule has 0 aliphatic rings. The SMILES string of the molecule is CCC(C)C(N)C(=O)Nc1ccc(NS(=O)(=O)c2ccc(C)cc2)cc1.Cl. The van der Waals surface area contributed by atoms with E-state index in [0.29, 0.717) is 11.4 Å². The number of hydrogen-bond donors (Lipinski definition) is 3. The van der Waals surface area contributed by atoms with Crippen LogP contribution in [0.3, 0.4) is 0 Å². The van der Waals surface area contributed by atoms with Crippen molar-refractivity contribution in [3.8, 4) is 0 Å². The van der Waals surface area contributed by atoms with E-state index in [4.69, 9.17) is 5.73 Å². The molecule has 2 unspecified atom stereocenters. The Balaban J connectivity index is 0.00000364. The lowest BCUT2D eigenvalue weighted by atomic mass is 9.99. The molecule has 2 rings (SSSR count). The molecule has 0 saturated carbocycles. The van der Waals surface area contributed by atoms with E-state index in [9.17, 15) is 13.2 Å². The fourth-order valence-corrected chi connectivity index (χ4v) is 3.35. The average molecular weight is 412 g/mol. The van der Waals surface area contributed by atoms with E-state index in [1.807, 2.05) is 20.8 Å². The van der Waals surface area contributed by atoms with Gasteiger partial charge in [0.15, 0.2) is 0 Å². The van der Waals surface area contributed by atoms with Gasteiger partial charge in [-0.1, -0.05) is 38.0 Å². The highest BCUT2D eigenvalue weighted by molar-refractivity contribution is 7.92. The van der Waals surface area contributed by atoms with E-state index in [1.54, 1.807) is 48.5 Å². The first kappa shape index (κ1) is 23.0. The van der Waals surface area contributed by atoms with E-state index in [-0.39, 0.29) is 29.1 Å². The Morgan fingerprint density at radius 3 is 2.07 bits per heavy atom. The zero-order chi connectivity index (χ0) is 19.3. The second kappa shape index (κ2) is 9.73. The smallest absolute Gasteiger partial charge is 0.261 e. The Labute approximate surface area is 167 Å². The number of carbonyl (C=O) groups is 1. The molecule has 6 nitrogen and oxygen atoms in total. The number of nitrogens with one attached hydrogen (secondary N) is 2. The lowest BCUT2D eigenvalue weighted by Crippen LogP contribution is -2.40. The second-order valence-corrected chi connectivity index (χ2v) is 8.08. The van der Waals surface area contributed by atoms with Crippen molar-refractivity contribution >= 4 is 39.7 Å². The average Bonchev–Trinajstić information content (AvgIpc) is 2.62. The van der Waals surface area contributed by atoms with Crippen molar-refractivity contribution < 1.29 is 13.2 Å². The number of hydrogen-bond acceptors (Lipinski definition) is 4. The highest BCUT2D eigenvalue weighted by Crippen LogP contribution is 2.19. The Morgan fingerprint density at radius 1 is 1.04 bits per heavy atom. The molecule has 0 aliphatic heterocycles. The van der Waals surface area contributed by atoms with Crippen molar-refractivity contribution in [1.29, 1.82) is 0 Å². The van der Waals surface area contributed by atoms with Gasteiger partial charge in [0.1, 0.15) is 0 Å². The lowest BCUT2D eigenvalue weighted by Gasteiger charge is -2.17. The molecule has 0 fully saturated rings. The minimum absolute atomic E-state index is 0. The molecule has 0 aromatic heterocycles. The zero-order valence-electron chi connectivity index (χ0n) is 15.6. The van der Waals surface area contributed by atoms with Gasteiger partial charge in [0.25, 0.3) is 10.0 Å². The Morgan fingerprint density at radius 2 is 1.56 bits per heavy atom. The van der Waals surface area contributed by atoms with Crippen molar-refractivity contribution in [3.63, 3.8) is 0 Å². The minimum Gasteiger partial charge on any atom is -0.325 e. The molecule has 0 radical (unpaired) electrons. The van der Waals surface area contributed by atoms with Crippen molar-refractivity contribution in [2.45, 2.75) is 38.1 Å². The minimum atomic E-state index is -3.65. The van der Waals surface area contributed by atoms with Gasteiger partial charge in [-0.25, -0.2) is 8.42 Å². The molecular weight excluding hydrogens is 386 g/mol. The van der Waals surface area contributed by atoms with Gasteiger partial charge in [-0.15, -0.1) is 12.4 Å². The quantitative estimate of drug-likeness (QED) is 0.648. The number of benzene rings is 2. The molecule has 1 amide bonds. The van der Waals surface area contributed by atoms with Crippen LogP contribution in [0.4, 0.5) is 11.4 Å². The molecule has 0 heterocycles. The summed E-state index contributed by atoms with van der Waals surface area (Å²) in [5.74, 6) is -0.178.